The van der Waals surface area contributed by atoms with Crippen molar-refractivity contribution < 1.29 is 19.0 Å². The summed E-state index contributed by atoms with van der Waals surface area (Å²) in [5.41, 5.74) is 7.48. The summed E-state index contributed by atoms with van der Waals surface area (Å²) in [6.45, 7) is 1.46. The molecule has 0 unspecified atom stereocenters. The van der Waals surface area contributed by atoms with Crippen LogP contribution in [0.5, 0.6) is 11.5 Å². The quantitative estimate of drug-likeness (QED) is 0.501. The first-order chi connectivity index (χ1) is 15.1. The van der Waals surface area contributed by atoms with Crippen molar-refractivity contribution in [2.75, 3.05) is 24.8 Å². The molecule has 2 aromatic carbocycles. The van der Waals surface area contributed by atoms with Gasteiger partial charge in [0.2, 0.25) is 11.9 Å². The van der Waals surface area contributed by atoms with Gasteiger partial charge in [0.15, 0.2) is 30.5 Å². The molecule has 3 aromatic rings. The van der Waals surface area contributed by atoms with E-state index in [1.165, 1.54) is 7.11 Å². The van der Waals surface area contributed by atoms with Crippen molar-refractivity contribution in [2.24, 2.45) is 0 Å². The number of nitrogens with zero attached hydrogens (tertiary/aromatic N) is 3. The van der Waals surface area contributed by atoms with Gasteiger partial charge >= 0.3 is 5.97 Å². The minimum absolute atomic E-state index is 0.0154. The molecule has 0 spiro atoms. The molecule has 0 radical (unpaired) electrons. The molecule has 0 fully saturated rings. The highest BCUT2D eigenvalue weighted by atomic mass is 16.6. The Kier molecular flexibility index (Phi) is 7.36. The maximum absolute atomic E-state index is 12.1. The molecule has 31 heavy (non-hydrogen) atoms. The van der Waals surface area contributed by atoms with E-state index in [9.17, 15) is 4.79 Å². The highest BCUT2D eigenvalue weighted by Gasteiger charge is 2.11. The van der Waals surface area contributed by atoms with Gasteiger partial charge in [0, 0.05) is 5.69 Å². The number of hydrogen-bond donors (Lipinski definition) is 2. The molecule has 3 N–H and O–H groups in total. The summed E-state index contributed by atoms with van der Waals surface area (Å²) in [5, 5.41) is 3.02. The maximum Gasteiger partial charge on any atom is 0.344 e. The molecule has 160 valence electrons. The average molecular weight is 421 g/mol. The van der Waals surface area contributed by atoms with Crippen LogP contribution in [0.1, 0.15) is 18.3 Å². The highest BCUT2D eigenvalue weighted by Crippen LogP contribution is 2.28. The molecule has 0 amide bonds. The van der Waals surface area contributed by atoms with Crippen LogP contribution in [0.4, 0.5) is 17.6 Å². The molecule has 0 bridgehead atoms. The van der Waals surface area contributed by atoms with Crippen LogP contribution < -0.4 is 20.5 Å². The van der Waals surface area contributed by atoms with Gasteiger partial charge in [-0.25, -0.2) is 4.79 Å². The average Bonchev–Trinajstić information content (AvgIpc) is 2.77. The summed E-state index contributed by atoms with van der Waals surface area (Å²) in [6.07, 6.45) is 3.85. The van der Waals surface area contributed by atoms with Crippen molar-refractivity contribution in [3.8, 4) is 11.5 Å². The van der Waals surface area contributed by atoms with Gasteiger partial charge in [-0.3, -0.25) is 0 Å². The third-order valence-electron chi connectivity index (χ3n) is 3.98. The second-order valence-corrected chi connectivity index (χ2v) is 6.28. The normalized spacial score (nSPS) is 10.6. The summed E-state index contributed by atoms with van der Waals surface area (Å²) in [6, 6.07) is 14.8. The molecular formula is C22H23N5O4. The number of aromatic nitrogens is 3. The molecule has 0 aliphatic carbocycles. The fraction of sp³-hybridized carbons (Fsp3) is 0.182. The summed E-state index contributed by atoms with van der Waals surface area (Å²) >= 11 is 0. The Morgan fingerprint density at radius 2 is 1.90 bits per heavy atom. The highest BCUT2D eigenvalue weighted by molar-refractivity contribution is 5.71. The van der Waals surface area contributed by atoms with E-state index in [1.807, 2.05) is 61.5 Å². The first-order valence-electron chi connectivity index (χ1n) is 9.49. The van der Waals surface area contributed by atoms with E-state index >= 15 is 0 Å². The van der Waals surface area contributed by atoms with Crippen molar-refractivity contribution in [1.82, 2.24) is 15.0 Å². The van der Waals surface area contributed by atoms with Gasteiger partial charge < -0.3 is 25.3 Å². The number of hydrogen-bond acceptors (Lipinski definition) is 9. The smallest absolute Gasteiger partial charge is 0.344 e. The first-order valence-corrected chi connectivity index (χ1v) is 9.49. The molecule has 0 saturated carbocycles. The fourth-order valence-corrected chi connectivity index (χ4v) is 2.63. The Morgan fingerprint density at radius 3 is 2.65 bits per heavy atom. The lowest BCUT2D eigenvalue weighted by atomic mass is 10.2. The topological polar surface area (TPSA) is 121 Å². The van der Waals surface area contributed by atoms with Crippen molar-refractivity contribution in [3.05, 3.63) is 66.0 Å². The van der Waals surface area contributed by atoms with Crippen molar-refractivity contribution in [2.45, 2.75) is 13.5 Å². The summed E-state index contributed by atoms with van der Waals surface area (Å²) in [7, 11) is 1.53. The Bertz CT molecular complexity index is 1060. The molecule has 9 heteroatoms. The Hall–Kier alpha value is -4.14. The molecule has 0 aliphatic heterocycles. The van der Waals surface area contributed by atoms with E-state index in [1.54, 1.807) is 6.07 Å². The number of esters is 1. The van der Waals surface area contributed by atoms with Gasteiger partial charge in [-0.15, -0.1) is 0 Å². The van der Waals surface area contributed by atoms with E-state index in [0.717, 1.165) is 11.3 Å². The van der Waals surface area contributed by atoms with Gasteiger partial charge in [0.05, 0.1) is 7.11 Å². The van der Waals surface area contributed by atoms with E-state index < -0.39 is 5.97 Å². The maximum atomic E-state index is 12.1. The minimum Gasteiger partial charge on any atom is -0.493 e. The Labute approximate surface area is 179 Å². The van der Waals surface area contributed by atoms with Gasteiger partial charge in [0.1, 0.15) is 0 Å². The standard InChI is InChI=1S/C22H23N5O4/c1-3-7-15-10-11-17(18(12-15)29-2)30-14-20(28)31-13-19-25-21(23)27-22(26-19)24-16-8-5-4-6-9-16/h3-12H,13-14H2,1-2H3,(H3,23,24,25,26,27). The lowest BCUT2D eigenvalue weighted by Gasteiger charge is -2.11. The van der Waals surface area contributed by atoms with E-state index in [0.29, 0.717) is 11.5 Å². The molecule has 1 aromatic heterocycles. The summed E-state index contributed by atoms with van der Waals surface area (Å²) in [5.74, 6) is 0.856. The number of benzene rings is 2. The number of para-hydroxylation sites is 1. The van der Waals surface area contributed by atoms with Crippen LogP contribution in [0.25, 0.3) is 6.08 Å². The summed E-state index contributed by atoms with van der Waals surface area (Å²) < 4.78 is 16.0. The predicted molar refractivity (Wildman–Crippen MR) is 117 cm³/mol. The van der Waals surface area contributed by atoms with Crippen LogP contribution >= 0.6 is 0 Å². The largest absolute Gasteiger partial charge is 0.493 e. The lowest BCUT2D eigenvalue weighted by Crippen LogP contribution is -2.16. The number of rotatable bonds is 9. The monoisotopic (exact) mass is 421 g/mol. The number of allylic oxidation sites excluding steroid dienone is 1. The molecule has 0 aliphatic rings. The molecule has 3 rings (SSSR count). The van der Waals surface area contributed by atoms with Gasteiger partial charge in [-0.1, -0.05) is 36.4 Å². The summed E-state index contributed by atoms with van der Waals surface area (Å²) in [4.78, 5) is 24.3. The van der Waals surface area contributed by atoms with Crippen LogP contribution in [0.2, 0.25) is 0 Å². The first kappa shape index (κ1) is 21.6. The van der Waals surface area contributed by atoms with Crippen LogP contribution in [-0.2, 0) is 16.1 Å². The van der Waals surface area contributed by atoms with E-state index in [-0.39, 0.29) is 30.9 Å². The number of ether oxygens (including phenoxy) is 3. The number of carbonyl (C=O) groups is 1. The van der Waals surface area contributed by atoms with Crippen LogP contribution in [0.15, 0.2) is 54.6 Å². The van der Waals surface area contributed by atoms with E-state index in [2.05, 4.69) is 20.3 Å². The minimum atomic E-state index is -0.587. The number of methoxy groups -OCH3 is 1. The fourth-order valence-electron chi connectivity index (χ4n) is 2.63. The van der Waals surface area contributed by atoms with Crippen LogP contribution in [-0.4, -0.2) is 34.6 Å². The van der Waals surface area contributed by atoms with Crippen LogP contribution in [0, 0.1) is 0 Å². The molecule has 9 nitrogen and oxygen atoms in total. The predicted octanol–water partition coefficient (Wildman–Crippen LogP) is 3.36. The lowest BCUT2D eigenvalue weighted by molar-refractivity contribution is -0.147. The molecule has 1 heterocycles. The Balaban J connectivity index is 1.56. The third kappa shape index (κ3) is 6.43. The zero-order chi connectivity index (χ0) is 22.1. The second kappa shape index (κ2) is 10.6. The zero-order valence-electron chi connectivity index (χ0n) is 17.2. The molecule has 0 saturated heterocycles. The van der Waals surface area contributed by atoms with Crippen molar-refractivity contribution in [1.29, 1.82) is 0 Å². The molecular weight excluding hydrogens is 398 g/mol. The van der Waals surface area contributed by atoms with Crippen LogP contribution in [0.3, 0.4) is 0 Å². The van der Waals surface area contributed by atoms with Crippen molar-refractivity contribution in [3.63, 3.8) is 0 Å². The Morgan fingerprint density at radius 1 is 1.10 bits per heavy atom. The number of nitrogens with two attached hydrogens (primary N) is 1. The van der Waals surface area contributed by atoms with Gasteiger partial charge in [-0.05, 0) is 36.8 Å². The molecule has 0 atom stereocenters. The number of anilines is 3. The van der Waals surface area contributed by atoms with Crippen molar-refractivity contribution >= 4 is 29.6 Å². The number of carbonyl (C=O) groups excluding carboxylic acids is 1. The second-order valence-electron chi connectivity index (χ2n) is 6.28. The third-order valence-corrected chi connectivity index (χ3v) is 3.98. The SMILES string of the molecule is CC=Cc1ccc(OCC(=O)OCc2nc(N)nc(Nc3ccccc3)n2)c(OC)c1. The van der Waals surface area contributed by atoms with Gasteiger partial charge in [0.25, 0.3) is 0 Å². The van der Waals surface area contributed by atoms with Gasteiger partial charge in [-0.2, -0.15) is 15.0 Å². The number of nitrogens with one attached hydrogen (secondary N) is 1. The zero-order valence-corrected chi connectivity index (χ0v) is 17.2. The number of nitrogen functional groups attached to an aromatic ring is 1. The van der Waals surface area contributed by atoms with E-state index in [4.69, 9.17) is 19.9 Å².